The topological polar surface area (TPSA) is 54.0 Å². The summed E-state index contributed by atoms with van der Waals surface area (Å²) in [6.45, 7) is 0. The molecule has 0 fully saturated rings. The fraction of sp³-hybridized carbons (Fsp3) is 0.0909. The Hall–Kier alpha value is -2.09. The molecule has 0 atom stereocenters. The zero-order valence-electron chi connectivity index (χ0n) is 9.36. The van der Waals surface area contributed by atoms with Crippen LogP contribution < -0.4 is 10.6 Å². The lowest BCUT2D eigenvalue weighted by Gasteiger charge is -2.05. The van der Waals surface area contributed by atoms with Gasteiger partial charge in [0.05, 0.1) is 0 Å². The van der Waals surface area contributed by atoms with Crippen LogP contribution in [0.1, 0.15) is 5.69 Å². The van der Waals surface area contributed by atoms with Crippen LogP contribution in [0.25, 0.3) is 0 Å². The quantitative estimate of drug-likeness (QED) is 0.847. The van der Waals surface area contributed by atoms with Crippen LogP contribution in [0.5, 0.6) is 0 Å². The number of alkyl halides is 3. The van der Waals surface area contributed by atoms with Crippen molar-refractivity contribution in [3.8, 4) is 0 Å². The summed E-state index contributed by atoms with van der Waals surface area (Å²) in [5.74, 6) is 0. The maximum absolute atomic E-state index is 12.4. The van der Waals surface area contributed by atoms with E-state index in [1.54, 1.807) is 24.3 Å². The first-order valence-electron chi connectivity index (χ1n) is 5.09. The van der Waals surface area contributed by atoms with Crippen molar-refractivity contribution in [3.63, 3.8) is 0 Å². The zero-order chi connectivity index (χ0) is 13.9. The number of hydrogen-bond donors (Lipinski definition) is 2. The number of halogens is 3. The van der Waals surface area contributed by atoms with Crippen molar-refractivity contribution in [1.29, 1.82) is 0 Å². The first-order valence-corrected chi connectivity index (χ1v) is 5.97. The van der Waals surface area contributed by atoms with Gasteiger partial charge >= 0.3 is 6.18 Å². The lowest BCUT2D eigenvalue weighted by molar-refractivity contribution is -0.140. The van der Waals surface area contributed by atoms with Gasteiger partial charge in [-0.15, -0.1) is 11.3 Å². The van der Waals surface area contributed by atoms with E-state index >= 15 is 0 Å². The highest BCUT2D eigenvalue weighted by atomic mass is 32.1. The average molecular weight is 287 g/mol. The van der Waals surface area contributed by atoms with E-state index in [4.69, 9.17) is 0 Å². The van der Waals surface area contributed by atoms with Gasteiger partial charge in [0.25, 0.3) is 0 Å². The average Bonchev–Trinajstić information content (AvgIpc) is 2.78. The van der Waals surface area contributed by atoms with Crippen molar-refractivity contribution in [1.82, 2.24) is 4.98 Å². The van der Waals surface area contributed by atoms with E-state index < -0.39 is 11.9 Å². The van der Waals surface area contributed by atoms with Gasteiger partial charge in [-0.1, -0.05) is 6.07 Å². The van der Waals surface area contributed by atoms with Crippen LogP contribution >= 0.6 is 11.3 Å². The smallest absolute Gasteiger partial charge is 0.331 e. The van der Waals surface area contributed by atoms with Gasteiger partial charge in [-0.25, -0.2) is 4.98 Å². The number of nitrogens with one attached hydrogen (secondary N) is 2. The highest BCUT2D eigenvalue weighted by molar-refractivity contribution is 7.13. The third-order valence-electron chi connectivity index (χ3n) is 2.13. The molecule has 0 aliphatic carbocycles. The number of thiazole rings is 1. The zero-order valence-corrected chi connectivity index (χ0v) is 10.2. The van der Waals surface area contributed by atoms with Gasteiger partial charge in [0, 0.05) is 16.8 Å². The van der Waals surface area contributed by atoms with E-state index in [-0.39, 0.29) is 5.13 Å². The Balaban J connectivity index is 2.15. The molecule has 0 spiro atoms. The second-order valence-electron chi connectivity index (χ2n) is 3.50. The van der Waals surface area contributed by atoms with Crippen molar-refractivity contribution in [2.75, 3.05) is 10.6 Å². The monoisotopic (exact) mass is 287 g/mol. The highest BCUT2D eigenvalue weighted by Crippen LogP contribution is 2.32. The van der Waals surface area contributed by atoms with E-state index in [2.05, 4.69) is 15.6 Å². The second kappa shape index (κ2) is 5.27. The number of rotatable bonds is 4. The summed E-state index contributed by atoms with van der Waals surface area (Å²) >= 11 is 0.858. The minimum Gasteiger partial charge on any atom is -0.331 e. The third kappa shape index (κ3) is 3.44. The number of aromatic nitrogens is 1. The van der Waals surface area contributed by atoms with E-state index in [1.807, 2.05) is 0 Å². The number of hydrogen-bond acceptors (Lipinski definition) is 4. The summed E-state index contributed by atoms with van der Waals surface area (Å²) in [7, 11) is 0. The molecule has 19 heavy (non-hydrogen) atoms. The molecule has 8 heteroatoms. The highest BCUT2D eigenvalue weighted by Gasteiger charge is 2.33. The maximum atomic E-state index is 12.4. The molecule has 2 aromatic rings. The molecule has 0 unspecified atom stereocenters. The molecular formula is C11H8F3N3OS. The molecule has 0 saturated carbocycles. The van der Waals surface area contributed by atoms with Crippen LogP contribution in [0.3, 0.4) is 0 Å². The van der Waals surface area contributed by atoms with Gasteiger partial charge in [-0.2, -0.15) is 13.2 Å². The molecule has 2 rings (SSSR count). The van der Waals surface area contributed by atoms with Crippen molar-refractivity contribution >= 4 is 34.3 Å². The van der Waals surface area contributed by atoms with Crippen LogP contribution in [-0.2, 0) is 11.0 Å². The van der Waals surface area contributed by atoms with Gasteiger partial charge in [0.15, 0.2) is 10.8 Å². The Bertz CT molecular complexity index is 583. The molecular weight excluding hydrogens is 279 g/mol. The molecule has 0 radical (unpaired) electrons. The Morgan fingerprint density at radius 2 is 2.00 bits per heavy atom. The maximum Gasteiger partial charge on any atom is 0.434 e. The number of amides is 1. The van der Waals surface area contributed by atoms with Crippen molar-refractivity contribution < 1.29 is 18.0 Å². The van der Waals surface area contributed by atoms with E-state index in [0.29, 0.717) is 17.8 Å². The molecule has 0 bridgehead atoms. The largest absolute Gasteiger partial charge is 0.434 e. The number of benzene rings is 1. The first kappa shape index (κ1) is 13.3. The van der Waals surface area contributed by atoms with Crippen LogP contribution in [0.2, 0.25) is 0 Å². The minimum atomic E-state index is -4.45. The molecule has 1 heterocycles. The minimum absolute atomic E-state index is 0.135. The summed E-state index contributed by atoms with van der Waals surface area (Å²) in [4.78, 5) is 13.7. The van der Waals surface area contributed by atoms with Gasteiger partial charge < -0.3 is 10.6 Å². The predicted octanol–water partition coefficient (Wildman–Crippen LogP) is 3.47. The molecule has 0 aliphatic heterocycles. The Morgan fingerprint density at radius 3 is 2.63 bits per heavy atom. The molecule has 1 amide bonds. The van der Waals surface area contributed by atoms with E-state index in [1.165, 1.54) is 0 Å². The first-order chi connectivity index (χ1) is 8.99. The number of carbonyl (C=O) groups excluding carboxylic acids is 1. The Labute approximate surface area is 110 Å². The molecule has 100 valence electrons. The Morgan fingerprint density at radius 1 is 1.26 bits per heavy atom. The van der Waals surface area contributed by atoms with Gasteiger partial charge in [0.1, 0.15) is 0 Å². The molecule has 0 aliphatic rings. The Kier molecular flexibility index (Phi) is 3.70. The summed E-state index contributed by atoms with van der Waals surface area (Å²) < 4.78 is 37.1. The normalized spacial score (nSPS) is 11.1. The van der Waals surface area contributed by atoms with Crippen molar-refractivity contribution in [2.24, 2.45) is 0 Å². The fourth-order valence-electron chi connectivity index (χ4n) is 1.34. The number of anilines is 3. The molecule has 1 aromatic heterocycles. The summed E-state index contributed by atoms with van der Waals surface area (Å²) in [5, 5.41) is 6.27. The summed E-state index contributed by atoms with van der Waals surface area (Å²) in [6.07, 6.45) is -3.93. The SMILES string of the molecule is O=CNc1cccc(Nc2nc(C(F)(F)F)cs2)c1. The summed E-state index contributed by atoms with van der Waals surface area (Å²) in [6, 6.07) is 6.56. The van der Waals surface area contributed by atoms with Crippen LogP contribution in [0.4, 0.5) is 29.7 Å². The van der Waals surface area contributed by atoms with Crippen LogP contribution in [0.15, 0.2) is 29.6 Å². The lowest BCUT2D eigenvalue weighted by Crippen LogP contribution is -2.05. The predicted molar refractivity (Wildman–Crippen MR) is 66.5 cm³/mol. The van der Waals surface area contributed by atoms with E-state index in [0.717, 1.165) is 16.7 Å². The summed E-state index contributed by atoms with van der Waals surface area (Å²) in [5.41, 5.74) is 0.143. The molecule has 4 nitrogen and oxygen atoms in total. The van der Waals surface area contributed by atoms with Crippen molar-refractivity contribution in [2.45, 2.75) is 6.18 Å². The molecule has 2 N–H and O–H groups in total. The fourth-order valence-corrected chi connectivity index (χ4v) is 2.08. The van der Waals surface area contributed by atoms with Crippen LogP contribution in [-0.4, -0.2) is 11.4 Å². The van der Waals surface area contributed by atoms with Gasteiger partial charge in [-0.05, 0) is 18.2 Å². The van der Waals surface area contributed by atoms with Crippen molar-refractivity contribution in [3.05, 3.63) is 35.3 Å². The standard InChI is InChI=1S/C11H8F3N3OS/c12-11(13,14)9-5-19-10(17-9)16-8-3-1-2-7(4-8)15-6-18/h1-6H,(H,15,18)(H,16,17). The van der Waals surface area contributed by atoms with E-state index in [9.17, 15) is 18.0 Å². The second-order valence-corrected chi connectivity index (χ2v) is 4.36. The molecule has 1 aromatic carbocycles. The third-order valence-corrected chi connectivity index (χ3v) is 2.89. The number of nitrogens with zero attached hydrogens (tertiary/aromatic N) is 1. The number of carbonyl (C=O) groups is 1. The van der Waals surface area contributed by atoms with Gasteiger partial charge in [0.2, 0.25) is 6.41 Å². The lowest BCUT2D eigenvalue weighted by atomic mass is 10.3. The van der Waals surface area contributed by atoms with Gasteiger partial charge in [-0.3, -0.25) is 4.79 Å². The molecule has 0 saturated heterocycles. The van der Waals surface area contributed by atoms with Crippen LogP contribution in [0, 0.1) is 0 Å².